The standard InChI is InChI=1S/C22H26N2O5S/c1-28-20-9-8-18(30(26,27)24-12-14-29-15-13-24)16-19(20)23-21(25)22(10-5-11-22)17-6-3-2-4-7-17/h2-4,6-9,16H,5,10-15H2,1H3,(H,23,25). The summed E-state index contributed by atoms with van der Waals surface area (Å²) in [6.45, 7) is 1.37. The topological polar surface area (TPSA) is 84.9 Å². The third-order valence-electron chi connectivity index (χ3n) is 6.00. The maximum atomic E-state index is 13.3. The highest BCUT2D eigenvalue weighted by Crippen LogP contribution is 2.45. The van der Waals surface area contributed by atoms with Crippen LogP contribution in [0.3, 0.4) is 0 Å². The van der Waals surface area contributed by atoms with Crippen LogP contribution in [-0.2, 0) is 25.0 Å². The van der Waals surface area contributed by atoms with Crippen molar-refractivity contribution in [1.29, 1.82) is 0 Å². The molecule has 30 heavy (non-hydrogen) atoms. The lowest BCUT2D eigenvalue weighted by molar-refractivity contribution is -0.124. The molecule has 1 amide bonds. The normalized spacial score (nSPS) is 19.0. The molecule has 1 saturated carbocycles. The first-order chi connectivity index (χ1) is 14.5. The van der Waals surface area contributed by atoms with Crippen LogP contribution in [0.15, 0.2) is 53.4 Å². The van der Waals surface area contributed by atoms with Gasteiger partial charge in [-0.15, -0.1) is 0 Å². The van der Waals surface area contributed by atoms with Gasteiger partial charge in [0.2, 0.25) is 15.9 Å². The SMILES string of the molecule is COc1ccc(S(=O)(=O)N2CCOCC2)cc1NC(=O)C1(c2ccccc2)CCC1. The van der Waals surface area contributed by atoms with Gasteiger partial charge in [0.15, 0.2) is 0 Å². The molecule has 1 N–H and O–H groups in total. The molecule has 4 rings (SSSR count). The van der Waals surface area contributed by atoms with E-state index >= 15 is 0 Å². The predicted octanol–water partition coefficient (Wildman–Crippen LogP) is 2.78. The van der Waals surface area contributed by atoms with Gasteiger partial charge in [0.05, 0.1) is 36.3 Å². The molecule has 8 heteroatoms. The Balaban J connectivity index is 1.64. The Labute approximate surface area is 177 Å². The Morgan fingerprint density at radius 1 is 1.10 bits per heavy atom. The minimum atomic E-state index is -3.68. The summed E-state index contributed by atoms with van der Waals surface area (Å²) in [5, 5.41) is 2.95. The van der Waals surface area contributed by atoms with Crippen molar-refractivity contribution in [2.45, 2.75) is 29.6 Å². The van der Waals surface area contributed by atoms with E-state index in [1.165, 1.54) is 23.5 Å². The first kappa shape index (κ1) is 20.8. The first-order valence-electron chi connectivity index (χ1n) is 10.1. The summed E-state index contributed by atoms with van der Waals surface area (Å²) in [7, 11) is -2.18. The molecule has 2 aromatic rings. The maximum absolute atomic E-state index is 13.3. The van der Waals surface area contributed by atoms with Crippen molar-refractivity contribution < 1.29 is 22.7 Å². The van der Waals surface area contributed by atoms with E-state index in [9.17, 15) is 13.2 Å². The summed E-state index contributed by atoms with van der Waals surface area (Å²) in [6.07, 6.45) is 2.50. The largest absolute Gasteiger partial charge is 0.495 e. The molecule has 2 aliphatic rings. The van der Waals surface area contributed by atoms with E-state index in [4.69, 9.17) is 9.47 Å². The Morgan fingerprint density at radius 3 is 2.40 bits per heavy atom. The average molecular weight is 431 g/mol. The molecule has 1 saturated heterocycles. The van der Waals surface area contributed by atoms with Gasteiger partial charge in [0.1, 0.15) is 5.75 Å². The van der Waals surface area contributed by atoms with Crippen molar-refractivity contribution in [1.82, 2.24) is 4.31 Å². The van der Waals surface area contributed by atoms with Crippen LogP contribution in [0.5, 0.6) is 5.75 Å². The number of hydrogen-bond donors (Lipinski definition) is 1. The van der Waals surface area contributed by atoms with Crippen molar-refractivity contribution in [2.75, 3.05) is 38.7 Å². The quantitative estimate of drug-likeness (QED) is 0.762. The lowest BCUT2D eigenvalue weighted by Crippen LogP contribution is -2.46. The number of anilines is 1. The Kier molecular flexibility index (Phi) is 5.81. The molecule has 0 radical (unpaired) electrons. The second kappa shape index (κ2) is 8.37. The van der Waals surface area contributed by atoms with Crippen LogP contribution in [0, 0.1) is 0 Å². The average Bonchev–Trinajstić information content (AvgIpc) is 2.74. The van der Waals surface area contributed by atoms with E-state index in [1.807, 2.05) is 30.3 Å². The van der Waals surface area contributed by atoms with Gasteiger partial charge in [-0.2, -0.15) is 4.31 Å². The molecule has 0 aromatic heterocycles. The third-order valence-corrected chi connectivity index (χ3v) is 7.89. The molecular formula is C22H26N2O5S. The molecule has 2 fully saturated rings. The first-order valence-corrected chi connectivity index (χ1v) is 11.5. The second-order valence-corrected chi connectivity index (χ2v) is 9.57. The number of carbonyl (C=O) groups is 1. The maximum Gasteiger partial charge on any atom is 0.243 e. The zero-order chi connectivity index (χ0) is 21.2. The number of methoxy groups -OCH3 is 1. The monoisotopic (exact) mass is 430 g/mol. The summed E-state index contributed by atoms with van der Waals surface area (Å²) in [4.78, 5) is 13.4. The highest BCUT2D eigenvalue weighted by Gasteiger charge is 2.45. The van der Waals surface area contributed by atoms with Crippen LogP contribution < -0.4 is 10.1 Å². The van der Waals surface area contributed by atoms with Crippen molar-refractivity contribution in [3.05, 3.63) is 54.1 Å². The molecule has 1 aliphatic carbocycles. The Hall–Kier alpha value is -2.42. The zero-order valence-electron chi connectivity index (χ0n) is 17.0. The van der Waals surface area contributed by atoms with Gasteiger partial charge in [-0.05, 0) is 36.6 Å². The molecule has 2 aromatic carbocycles. The molecule has 0 atom stereocenters. The minimum absolute atomic E-state index is 0.128. The van der Waals surface area contributed by atoms with Gasteiger partial charge in [0.25, 0.3) is 0 Å². The molecule has 1 aliphatic heterocycles. The van der Waals surface area contributed by atoms with E-state index in [0.717, 1.165) is 24.8 Å². The van der Waals surface area contributed by atoms with Crippen LogP contribution in [0.25, 0.3) is 0 Å². The molecular weight excluding hydrogens is 404 g/mol. The molecule has 7 nitrogen and oxygen atoms in total. The van der Waals surface area contributed by atoms with Gasteiger partial charge < -0.3 is 14.8 Å². The Bertz CT molecular complexity index is 1010. The van der Waals surface area contributed by atoms with Crippen LogP contribution in [0.1, 0.15) is 24.8 Å². The summed E-state index contributed by atoms with van der Waals surface area (Å²) in [5.41, 5.74) is 0.745. The third kappa shape index (κ3) is 3.71. The summed E-state index contributed by atoms with van der Waals surface area (Å²) < 4.78 is 38.1. The fourth-order valence-electron chi connectivity index (χ4n) is 4.06. The number of sulfonamides is 1. The Morgan fingerprint density at radius 2 is 1.80 bits per heavy atom. The van der Waals surface area contributed by atoms with Gasteiger partial charge in [-0.1, -0.05) is 36.8 Å². The highest BCUT2D eigenvalue weighted by atomic mass is 32.2. The van der Waals surface area contributed by atoms with Gasteiger partial charge in [0, 0.05) is 13.1 Å². The number of nitrogens with one attached hydrogen (secondary N) is 1. The number of ether oxygens (including phenoxy) is 2. The number of benzene rings is 2. The summed E-state index contributed by atoms with van der Waals surface area (Å²) in [6, 6.07) is 14.3. The number of hydrogen-bond acceptors (Lipinski definition) is 5. The highest BCUT2D eigenvalue weighted by molar-refractivity contribution is 7.89. The van der Waals surface area contributed by atoms with Crippen molar-refractivity contribution in [3.8, 4) is 5.75 Å². The van der Waals surface area contributed by atoms with Crippen LogP contribution in [0.4, 0.5) is 5.69 Å². The minimum Gasteiger partial charge on any atom is -0.495 e. The predicted molar refractivity (Wildman–Crippen MR) is 113 cm³/mol. The second-order valence-electron chi connectivity index (χ2n) is 7.63. The molecule has 160 valence electrons. The summed E-state index contributed by atoms with van der Waals surface area (Å²) in [5.74, 6) is 0.283. The lowest BCUT2D eigenvalue weighted by atomic mass is 9.64. The van der Waals surface area contributed by atoms with Crippen LogP contribution in [0.2, 0.25) is 0 Å². The van der Waals surface area contributed by atoms with E-state index in [-0.39, 0.29) is 10.8 Å². The zero-order valence-corrected chi connectivity index (χ0v) is 17.8. The number of morpholine rings is 1. The van der Waals surface area contributed by atoms with Gasteiger partial charge >= 0.3 is 0 Å². The van der Waals surface area contributed by atoms with Crippen LogP contribution in [-0.4, -0.2) is 52.0 Å². The fourth-order valence-corrected chi connectivity index (χ4v) is 5.49. The number of rotatable bonds is 6. The number of carbonyl (C=O) groups excluding carboxylic acids is 1. The number of amides is 1. The van der Waals surface area contributed by atoms with E-state index in [1.54, 1.807) is 6.07 Å². The van der Waals surface area contributed by atoms with E-state index in [2.05, 4.69) is 5.32 Å². The lowest BCUT2D eigenvalue weighted by Gasteiger charge is -2.40. The van der Waals surface area contributed by atoms with Gasteiger partial charge in [-0.3, -0.25) is 4.79 Å². The molecule has 0 bridgehead atoms. The summed E-state index contributed by atoms with van der Waals surface area (Å²) >= 11 is 0. The van der Waals surface area contributed by atoms with Crippen molar-refractivity contribution in [3.63, 3.8) is 0 Å². The van der Waals surface area contributed by atoms with Crippen LogP contribution >= 0.6 is 0 Å². The van der Waals surface area contributed by atoms with E-state index < -0.39 is 15.4 Å². The van der Waals surface area contributed by atoms with E-state index in [0.29, 0.717) is 37.7 Å². The van der Waals surface area contributed by atoms with Gasteiger partial charge in [-0.25, -0.2) is 8.42 Å². The molecule has 1 heterocycles. The molecule has 0 spiro atoms. The number of nitrogens with zero attached hydrogens (tertiary/aromatic N) is 1. The van der Waals surface area contributed by atoms with Crippen molar-refractivity contribution >= 4 is 21.6 Å². The van der Waals surface area contributed by atoms with Crippen molar-refractivity contribution in [2.24, 2.45) is 0 Å². The fraction of sp³-hybridized carbons (Fsp3) is 0.409. The smallest absolute Gasteiger partial charge is 0.243 e. The molecule has 0 unspecified atom stereocenters.